The third-order valence-electron chi connectivity index (χ3n) is 6.39. The summed E-state index contributed by atoms with van der Waals surface area (Å²) in [6.45, 7) is 0.656. The Morgan fingerprint density at radius 1 is 0.871 bits per heavy atom. The molecule has 2 heterocycles. The van der Waals surface area contributed by atoms with E-state index in [1.54, 1.807) is 24.3 Å². The summed E-state index contributed by atoms with van der Waals surface area (Å²) in [5.41, 5.74) is 4.69. The largest absolute Gasteiger partial charge is 0.466 e. The van der Waals surface area contributed by atoms with Crippen LogP contribution < -0.4 is 4.90 Å². The molecule has 2 bridgehead atoms. The van der Waals surface area contributed by atoms with Gasteiger partial charge in [0.25, 0.3) is 0 Å². The molecule has 0 fully saturated rings. The topological polar surface area (TPSA) is 46.6 Å². The minimum Gasteiger partial charge on any atom is -0.466 e. The molecule has 0 N–H and O–H groups in total. The lowest BCUT2D eigenvalue weighted by atomic mass is 9.74. The zero-order chi connectivity index (χ0) is 21.1. The van der Waals surface area contributed by atoms with Gasteiger partial charge < -0.3 is 9.64 Å². The van der Waals surface area contributed by atoms with Crippen LogP contribution >= 0.6 is 15.9 Å². The molecule has 1 aliphatic carbocycles. The van der Waals surface area contributed by atoms with E-state index in [9.17, 15) is 9.59 Å². The number of fused-ring (bicyclic) bond motifs is 6. The molecular formula is C26H18BrNO3. The highest BCUT2D eigenvalue weighted by Crippen LogP contribution is 2.50. The van der Waals surface area contributed by atoms with Crippen molar-refractivity contribution >= 4 is 33.2 Å². The number of allylic oxidation sites excluding steroid dienone is 2. The molecule has 0 saturated heterocycles. The number of Topliss-reactive ketones (excluding diaryl/α,β-unsaturated/α-hetero) is 2. The quantitative estimate of drug-likeness (QED) is 0.485. The van der Waals surface area contributed by atoms with Gasteiger partial charge in [-0.15, -0.1) is 0 Å². The third-order valence-corrected chi connectivity index (χ3v) is 6.92. The maximum Gasteiger partial charge on any atom is 0.228 e. The molecule has 4 nitrogen and oxygen atoms in total. The highest BCUT2D eigenvalue weighted by Gasteiger charge is 2.47. The first-order valence-corrected chi connectivity index (χ1v) is 11.1. The molecule has 0 amide bonds. The van der Waals surface area contributed by atoms with Gasteiger partial charge in [0, 0.05) is 40.2 Å². The lowest BCUT2D eigenvalue weighted by molar-refractivity contribution is 0.0535. The van der Waals surface area contributed by atoms with Gasteiger partial charge in [0.05, 0.1) is 5.57 Å². The van der Waals surface area contributed by atoms with Crippen molar-refractivity contribution in [3.8, 4) is 0 Å². The number of nitrogens with zero attached hydrogens (tertiary/aromatic N) is 1. The van der Waals surface area contributed by atoms with Gasteiger partial charge in [-0.2, -0.15) is 0 Å². The summed E-state index contributed by atoms with van der Waals surface area (Å²) in [7, 11) is 0. The van der Waals surface area contributed by atoms with Gasteiger partial charge in [0.1, 0.15) is 0 Å². The van der Waals surface area contributed by atoms with E-state index in [0.717, 1.165) is 21.3 Å². The van der Waals surface area contributed by atoms with Crippen LogP contribution in [0.4, 0.5) is 5.69 Å². The Balaban J connectivity index is 1.47. The molecule has 5 heteroatoms. The molecule has 3 aliphatic rings. The number of ether oxygens (including phenoxy) is 1. The Bertz CT molecular complexity index is 1280. The molecular weight excluding hydrogens is 454 g/mol. The summed E-state index contributed by atoms with van der Waals surface area (Å²) in [4.78, 5) is 28.9. The van der Waals surface area contributed by atoms with E-state index < -0.39 is 0 Å². The molecule has 2 aliphatic heterocycles. The van der Waals surface area contributed by atoms with Gasteiger partial charge in [0.2, 0.25) is 5.78 Å². The van der Waals surface area contributed by atoms with Gasteiger partial charge in [-0.1, -0.05) is 70.5 Å². The van der Waals surface area contributed by atoms with Crippen molar-refractivity contribution in [2.24, 2.45) is 0 Å². The first-order valence-electron chi connectivity index (χ1n) is 10.3. The van der Waals surface area contributed by atoms with Gasteiger partial charge in [0.15, 0.2) is 17.8 Å². The van der Waals surface area contributed by atoms with E-state index in [4.69, 9.17) is 4.74 Å². The molecule has 2 atom stereocenters. The first-order chi connectivity index (χ1) is 15.1. The zero-order valence-corrected chi connectivity index (χ0v) is 18.1. The molecule has 0 aromatic heterocycles. The van der Waals surface area contributed by atoms with Crippen molar-refractivity contribution in [3.63, 3.8) is 0 Å². The lowest BCUT2D eigenvalue weighted by Gasteiger charge is -2.46. The minimum absolute atomic E-state index is 0.0928. The van der Waals surface area contributed by atoms with Crippen molar-refractivity contribution in [3.05, 3.63) is 111 Å². The summed E-state index contributed by atoms with van der Waals surface area (Å²) in [6, 6.07) is 23.4. The number of para-hydroxylation sites is 1. The Kier molecular flexibility index (Phi) is 4.15. The Morgan fingerprint density at radius 3 is 2.32 bits per heavy atom. The fraction of sp³-hybridized carbons (Fsp3) is 0.154. The molecule has 0 spiro atoms. The van der Waals surface area contributed by atoms with E-state index in [2.05, 4.69) is 45.1 Å². The highest BCUT2D eigenvalue weighted by atomic mass is 79.9. The third kappa shape index (κ3) is 2.80. The number of hydrogen-bond acceptors (Lipinski definition) is 4. The SMILES string of the molecule is O=C1C2=C(C(=O)c3ccccc31)C1CC(O2)N(Cc2ccc(Br)cc2)c2ccccc21. The van der Waals surface area contributed by atoms with Crippen LogP contribution in [-0.4, -0.2) is 17.8 Å². The fourth-order valence-electron chi connectivity index (χ4n) is 4.95. The van der Waals surface area contributed by atoms with Crippen LogP contribution in [0.2, 0.25) is 0 Å². The monoisotopic (exact) mass is 471 g/mol. The Hall–Kier alpha value is -3.18. The Morgan fingerprint density at radius 2 is 1.55 bits per heavy atom. The van der Waals surface area contributed by atoms with Gasteiger partial charge >= 0.3 is 0 Å². The van der Waals surface area contributed by atoms with Crippen molar-refractivity contribution in [1.29, 1.82) is 0 Å². The second kappa shape index (κ2) is 6.92. The second-order valence-corrected chi connectivity index (χ2v) is 9.04. The molecule has 0 radical (unpaired) electrons. The maximum absolute atomic E-state index is 13.4. The number of anilines is 1. The highest BCUT2D eigenvalue weighted by molar-refractivity contribution is 9.10. The van der Waals surface area contributed by atoms with Gasteiger partial charge in [-0.25, -0.2) is 0 Å². The van der Waals surface area contributed by atoms with Gasteiger partial charge in [-0.05, 0) is 29.3 Å². The van der Waals surface area contributed by atoms with Crippen LogP contribution in [0.1, 0.15) is 44.2 Å². The molecule has 31 heavy (non-hydrogen) atoms. The van der Waals surface area contributed by atoms with Crippen LogP contribution in [0.15, 0.2) is 88.6 Å². The van der Waals surface area contributed by atoms with E-state index in [0.29, 0.717) is 29.7 Å². The predicted molar refractivity (Wildman–Crippen MR) is 121 cm³/mol. The van der Waals surface area contributed by atoms with Crippen molar-refractivity contribution in [1.82, 2.24) is 0 Å². The number of benzene rings is 3. The minimum atomic E-state index is -0.302. The molecule has 2 unspecified atom stereocenters. The maximum atomic E-state index is 13.4. The number of rotatable bonds is 2. The van der Waals surface area contributed by atoms with Crippen LogP contribution in [-0.2, 0) is 11.3 Å². The summed E-state index contributed by atoms with van der Waals surface area (Å²) >= 11 is 3.49. The van der Waals surface area contributed by atoms with Crippen LogP contribution in [0, 0.1) is 0 Å². The molecule has 3 aromatic carbocycles. The fourth-order valence-corrected chi connectivity index (χ4v) is 5.22. The predicted octanol–water partition coefficient (Wildman–Crippen LogP) is 5.63. The number of carbonyl (C=O) groups is 2. The average Bonchev–Trinajstić information content (AvgIpc) is 2.81. The standard InChI is InChI=1S/C26H18BrNO3/c27-16-11-9-15(10-12-16)14-28-21-8-4-3-5-17(21)20-13-22(28)31-26-23(20)24(29)18-6-1-2-7-19(18)25(26)30/h1-12,20,22H,13-14H2. The average molecular weight is 472 g/mol. The van der Waals surface area contributed by atoms with E-state index >= 15 is 0 Å². The number of halogens is 1. The number of hydrogen-bond donors (Lipinski definition) is 0. The second-order valence-electron chi connectivity index (χ2n) is 8.12. The van der Waals surface area contributed by atoms with Crippen molar-refractivity contribution in [2.45, 2.75) is 25.1 Å². The van der Waals surface area contributed by atoms with Crippen LogP contribution in [0.3, 0.4) is 0 Å². The zero-order valence-electron chi connectivity index (χ0n) is 16.5. The summed E-state index contributed by atoms with van der Waals surface area (Å²) < 4.78 is 7.32. The Labute approximate surface area is 188 Å². The summed E-state index contributed by atoms with van der Waals surface area (Å²) in [5.74, 6) is -0.205. The van der Waals surface area contributed by atoms with Crippen molar-refractivity contribution < 1.29 is 14.3 Å². The smallest absolute Gasteiger partial charge is 0.228 e. The van der Waals surface area contributed by atoms with Crippen molar-refractivity contribution in [2.75, 3.05) is 4.90 Å². The van der Waals surface area contributed by atoms with E-state index in [1.165, 1.54) is 0 Å². The normalized spacial score (nSPS) is 21.3. The summed E-state index contributed by atoms with van der Waals surface area (Å²) in [5, 5.41) is 0. The van der Waals surface area contributed by atoms with E-state index in [-0.39, 0.29) is 29.5 Å². The lowest BCUT2D eigenvalue weighted by Crippen LogP contribution is -2.47. The van der Waals surface area contributed by atoms with E-state index in [1.807, 2.05) is 24.3 Å². The molecule has 6 rings (SSSR count). The van der Waals surface area contributed by atoms with Crippen LogP contribution in [0.25, 0.3) is 0 Å². The molecule has 152 valence electrons. The number of carbonyl (C=O) groups excluding carboxylic acids is 2. The molecule has 0 saturated carbocycles. The van der Waals surface area contributed by atoms with Gasteiger partial charge in [-0.3, -0.25) is 9.59 Å². The number of ketones is 2. The summed E-state index contributed by atoms with van der Waals surface area (Å²) in [6.07, 6.45) is 0.345. The van der Waals surface area contributed by atoms with Crippen LogP contribution in [0.5, 0.6) is 0 Å². The first kappa shape index (κ1) is 18.6. The molecule has 3 aromatic rings.